The molecule has 1 saturated heterocycles. The summed E-state index contributed by atoms with van der Waals surface area (Å²) in [5.41, 5.74) is 0.535. The SMILES string of the molecule is CN(C(=O)CSc1nnc(-c2ccc(OC(F)F)cc2)n1N)[C@H]1CCS(=O)(=O)C1. The zero-order chi connectivity index (χ0) is 21.2. The van der Waals surface area contributed by atoms with E-state index in [0.717, 1.165) is 11.8 Å². The van der Waals surface area contributed by atoms with Gasteiger partial charge in [-0.1, -0.05) is 11.8 Å². The molecule has 2 heterocycles. The lowest BCUT2D eigenvalue weighted by atomic mass is 10.2. The number of sulfone groups is 1. The minimum absolute atomic E-state index is 0.00370. The van der Waals surface area contributed by atoms with Gasteiger partial charge in [0.25, 0.3) is 0 Å². The van der Waals surface area contributed by atoms with Crippen molar-refractivity contribution < 1.29 is 26.7 Å². The molecule has 2 N–H and O–H groups in total. The van der Waals surface area contributed by atoms with Crippen molar-refractivity contribution in [3.05, 3.63) is 24.3 Å². The second-order valence-electron chi connectivity index (χ2n) is 6.43. The monoisotopic (exact) mass is 447 g/mol. The zero-order valence-corrected chi connectivity index (χ0v) is 17.0. The first-order chi connectivity index (χ1) is 13.7. The van der Waals surface area contributed by atoms with Crippen LogP contribution >= 0.6 is 11.8 Å². The van der Waals surface area contributed by atoms with Gasteiger partial charge in [0.15, 0.2) is 15.7 Å². The number of benzene rings is 1. The molecular formula is C16H19F2N5O4S2. The van der Waals surface area contributed by atoms with Gasteiger partial charge < -0.3 is 15.5 Å². The number of halogens is 2. The molecular weight excluding hydrogens is 428 g/mol. The predicted octanol–water partition coefficient (Wildman–Crippen LogP) is 0.998. The summed E-state index contributed by atoms with van der Waals surface area (Å²) in [4.78, 5) is 13.8. The molecule has 1 aliphatic rings. The fourth-order valence-electron chi connectivity index (χ4n) is 2.87. The Hall–Kier alpha value is -2.41. The fourth-order valence-corrected chi connectivity index (χ4v) is 5.43. The van der Waals surface area contributed by atoms with Crippen LogP contribution in [-0.2, 0) is 14.6 Å². The molecule has 1 aromatic carbocycles. The van der Waals surface area contributed by atoms with Crippen LogP contribution in [0.25, 0.3) is 11.4 Å². The van der Waals surface area contributed by atoms with Crippen LogP contribution in [0.15, 0.2) is 29.4 Å². The Kier molecular flexibility index (Phi) is 6.27. The number of nitrogen functional groups attached to an aromatic ring is 1. The van der Waals surface area contributed by atoms with Crippen LogP contribution in [0.3, 0.4) is 0 Å². The Morgan fingerprint density at radius 1 is 1.38 bits per heavy atom. The average Bonchev–Trinajstić information content (AvgIpc) is 3.21. The van der Waals surface area contributed by atoms with Crippen molar-refractivity contribution in [2.45, 2.75) is 24.2 Å². The molecule has 1 atom stereocenters. The number of hydrogen-bond acceptors (Lipinski definition) is 8. The van der Waals surface area contributed by atoms with Gasteiger partial charge in [-0.3, -0.25) is 4.79 Å². The van der Waals surface area contributed by atoms with E-state index >= 15 is 0 Å². The molecule has 1 aromatic heterocycles. The molecule has 0 aliphatic carbocycles. The third kappa shape index (κ3) is 5.15. The molecule has 9 nitrogen and oxygen atoms in total. The van der Waals surface area contributed by atoms with Crippen molar-refractivity contribution in [3.8, 4) is 17.1 Å². The highest BCUT2D eigenvalue weighted by Crippen LogP contribution is 2.25. The minimum atomic E-state index is -3.08. The van der Waals surface area contributed by atoms with Gasteiger partial charge in [-0.05, 0) is 30.7 Å². The van der Waals surface area contributed by atoms with Crippen molar-refractivity contribution in [3.63, 3.8) is 0 Å². The van der Waals surface area contributed by atoms with Crippen LogP contribution in [0.4, 0.5) is 8.78 Å². The zero-order valence-electron chi connectivity index (χ0n) is 15.4. The van der Waals surface area contributed by atoms with Crippen LogP contribution in [-0.4, -0.2) is 71.1 Å². The van der Waals surface area contributed by atoms with Gasteiger partial charge in [0.05, 0.1) is 17.3 Å². The molecule has 0 unspecified atom stereocenters. The minimum Gasteiger partial charge on any atom is -0.435 e. The summed E-state index contributed by atoms with van der Waals surface area (Å²) in [5.74, 6) is 6.12. The van der Waals surface area contributed by atoms with Crippen LogP contribution in [0.5, 0.6) is 5.75 Å². The maximum Gasteiger partial charge on any atom is 0.387 e. The van der Waals surface area contributed by atoms with Gasteiger partial charge in [0, 0.05) is 18.7 Å². The first-order valence-corrected chi connectivity index (χ1v) is 11.3. The molecule has 0 radical (unpaired) electrons. The molecule has 0 spiro atoms. The van der Waals surface area contributed by atoms with Gasteiger partial charge in [-0.2, -0.15) is 8.78 Å². The van der Waals surface area contributed by atoms with Gasteiger partial charge in [0.2, 0.25) is 11.1 Å². The number of carbonyl (C=O) groups is 1. The summed E-state index contributed by atoms with van der Waals surface area (Å²) < 4.78 is 53.1. The molecule has 0 bridgehead atoms. The summed E-state index contributed by atoms with van der Waals surface area (Å²) in [7, 11) is -1.50. The number of thioether (sulfide) groups is 1. The fraction of sp³-hybridized carbons (Fsp3) is 0.438. The van der Waals surface area contributed by atoms with Crippen molar-refractivity contribution >= 4 is 27.5 Å². The van der Waals surface area contributed by atoms with E-state index in [1.54, 1.807) is 7.05 Å². The normalized spacial score (nSPS) is 18.1. The molecule has 1 aliphatic heterocycles. The average molecular weight is 447 g/mol. The largest absolute Gasteiger partial charge is 0.435 e. The lowest BCUT2D eigenvalue weighted by molar-refractivity contribution is -0.128. The second kappa shape index (κ2) is 8.53. The smallest absolute Gasteiger partial charge is 0.387 e. The number of amides is 1. The van der Waals surface area contributed by atoms with Gasteiger partial charge in [0.1, 0.15) is 5.75 Å². The third-order valence-electron chi connectivity index (χ3n) is 4.48. The van der Waals surface area contributed by atoms with E-state index in [4.69, 9.17) is 5.84 Å². The molecule has 13 heteroatoms. The van der Waals surface area contributed by atoms with Gasteiger partial charge >= 0.3 is 6.61 Å². The highest BCUT2D eigenvalue weighted by atomic mass is 32.2. The number of hydrogen-bond donors (Lipinski definition) is 1. The Morgan fingerprint density at radius 3 is 2.66 bits per heavy atom. The van der Waals surface area contributed by atoms with Crippen molar-refractivity contribution in [1.29, 1.82) is 0 Å². The van der Waals surface area contributed by atoms with E-state index in [2.05, 4.69) is 14.9 Å². The van der Waals surface area contributed by atoms with Crippen LogP contribution in [0, 0.1) is 0 Å². The first-order valence-electron chi connectivity index (χ1n) is 8.51. The lowest BCUT2D eigenvalue weighted by Crippen LogP contribution is -2.38. The summed E-state index contributed by atoms with van der Waals surface area (Å²) in [6.07, 6.45) is 0.428. The third-order valence-corrected chi connectivity index (χ3v) is 7.15. The van der Waals surface area contributed by atoms with E-state index in [0.29, 0.717) is 17.8 Å². The molecule has 3 rings (SSSR count). The number of ether oxygens (including phenoxy) is 1. The van der Waals surface area contributed by atoms with Crippen LogP contribution in [0.1, 0.15) is 6.42 Å². The standard InChI is InChI=1S/C16H19F2N5O4S2/c1-22(11-6-7-29(25,26)9-11)13(24)8-28-16-21-20-14(23(16)19)10-2-4-12(5-3-10)27-15(17)18/h2-5,11,15H,6-9,19H2,1H3/t11-/m0/s1. The Balaban J connectivity index is 1.61. The number of nitrogens with zero attached hydrogens (tertiary/aromatic N) is 4. The number of alkyl halides is 2. The first kappa shape index (κ1) is 21.3. The van der Waals surface area contributed by atoms with Crippen LogP contribution in [0.2, 0.25) is 0 Å². The summed E-state index contributed by atoms with van der Waals surface area (Å²) in [6.45, 7) is -2.91. The van der Waals surface area contributed by atoms with E-state index < -0.39 is 16.4 Å². The Morgan fingerprint density at radius 2 is 2.07 bits per heavy atom. The molecule has 0 saturated carbocycles. The molecule has 29 heavy (non-hydrogen) atoms. The highest BCUT2D eigenvalue weighted by Gasteiger charge is 2.32. The van der Waals surface area contributed by atoms with E-state index in [-0.39, 0.29) is 40.1 Å². The van der Waals surface area contributed by atoms with Crippen molar-refractivity contribution in [2.75, 3.05) is 30.1 Å². The van der Waals surface area contributed by atoms with E-state index in [1.807, 2.05) is 0 Å². The predicted molar refractivity (Wildman–Crippen MR) is 103 cm³/mol. The quantitative estimate of drug-likeness (QED) is 0.493. The molecule has 1 amide bonds. The van der Waals surface area contributed by atoms with E-state index in [1.165, 1.54) is 33.8 Å². The summed E-state index contributed by atoms with van der Waals surface area (Å²) in [5, 5.41) is 8.20. The van der Waals surface area contributed by atoms with E-state index in [9.17, 15) is 22.0 Å². The number of aromatic nitrogens is 3. The Bertz CT molecular complexity index is 982. The summed E-state index contributed by atoms with van der Waals surface area (Å²) >= 11 is 1.07. The summed E-state index contributed by atoms with van der Waals surface area (Å²) in [6, 6.07) is 5.42. The Labute approximate surface area is 170 Å². The maximum absolute atomic E-state index is 12.4. The van der Waals surface area contributed by atoms with Crippen molar-refractivity contribution in [2.24, 2.45) is 0 Å². The second-order valence-corrected chi connectivity index (χ2v) is 9.60. The topological polar surface area (TPSA) is 120 Å². The molecule has 158 valence electrons. The lowest BCUT2D eigenvalue weighted by Gasteiger charge is -2.23. The van der Waals surface area contributed by atoms with Gasteiger partial charge in [-0.25, -0.2) is 13.1 Å². The van der Waals surface area contributed by atoms with Crippen molar-refractivity contribution in [1.82, 2.24) is 19.8 Å². The number of rotatable bonds is 7. The number of carbonyl (C=O) groups excluding carboxylic acids is 1. The number of nitrogens with two attached hydrogens (primary N) is 1. The van der Waals surface area contributed by atoms with Gasteiger partial charge in [-0.15, -0.1) is 10.2 Å². The van der Waals surface area contributed by atoms with Crippen LogP contribution < -0.4 is 10.6 Å². The molecule has 2 aromatic rings. The maximum atomic E-state index is 12.4. The molecule has 1 fully saturated rings. The highest BCUT2D eigenvalue weighted by molar-refractivity contribution is 7.99.